The lowest BCUT2D eigenvalue weighted by atomic mass is 10.4. The molecule has 4 rings (SSSR count). The molecule has 24 heavy (non-hydrogen) atoms. The Morgan fingerprint density at radius 3 is 2.50 bits per heavy atom. The van der Waals surface area contributed by atoms with Crippen molar-refractivity contribution >= 4 is 42.6 Å². The molecular formula is C15H17BrN4O2S2. The molecule has 128 valence electrons. The van der Waals surface area contributed by atoms with Gasteiger partial charge in [0.1, 0.15) is 5.82 Å². The van der Waals surface area contributed by atoms with Crippen LogP contribution in [0.25, 0.3) is 0 Å². The number of piperazine rings is 1. The second-order valence-corrected chi connectivity index (χ2v) is 9.52. The number of sulfonamides is 1. The van der Waals surface area contributed by atoms with E-state index in [0.29, 0.717) is 41.5 Å². The zero-order valence-electron chi connectivity index (χ0n) is 12.9. The lowest BCUT2D eigenvalue weighted by molar-refractivity contribution is 0.384. The molecule has 6 nitrogen and oxygen atoms in total. The summed E-state index contributed by atoms with van der Waals surface area (Å²) in [5.74, 6) is 1.50. The van der Waals surface area contributed by atoms with Crippen molar-refractivity contribution in [2.45, 2.75) is 23.7 Å². The summed E-state index contributed by atoms with van der Waals surface area (Å²) >= 11 is 4.76. The first-order chi connectivity index (χ1) is 11.6. The van der Waals surface area contributed by atoms with Crippen molar-refractivity contribution in [3.8, 4) is 0 Å². The predicted molar refractivity (Wildman–Crippen MR) is 97.0 cm³/mol. The van der Waals surface area contributed by atoms with Crippen LogP contribution >= 0.6 is 27.5 Å². The zero-order chi connectivity index (χ0) is 16.7. The third-order valence-electron chi connectivity index (χ3n) is 4.34. The molecule has 0 atom stereocenters. The van der Waals surface area contributed by atoms with Crippen LogP contribution < -0.4 is 4.90 Å². The molecule has 9 heteroatoms. The molecule has 1 saturated heterocycles. The Balaban J connectivity index is 1.46. The quantitative estimate of drug-likeness (QED) is 0.748. The van der Waals surface area contributed by atoms with Crippen molar-refractivity contribution in [3.63, 3.8) is 0 Å². The molecule has 0 spiro atoms. The Labute approximate surface area is 153 Å². The second kappa shape index (κ2) is 6.36. The molecule has 1 aromatic heterocycles. The number of benzene rings is 1. The smallest absolute Gasteiger partial charge is 0.244 e. The van der Waals surface area contributed by atoms with Crippen molar-refractivity contribution in [1.29, 1.82) is 0 Å². The van der Waals surface area contributed by atoms with Gasteiger partial charge in [-0.2, -0.15) is 8.68 Å². The summed E-state index contributed by atoms with van der Waals surface area (Å²) in [4.78, 5) is 7.07. The number of nitrogens with zero attached hydrogens (tertiary/aromatic N) is 4. The highest BCUT2D eigenvalue weighted by Crippen LogP contribution is 2.39. The van der Waals surface area contributed by atoms with Crippen LogP contribution in [0.3, 0.4) is 0 Å². The molecule has 0 N–H and O–H groups in total. The molecule has 2 aliphatic rings. The number of hydrogen-bond acceptors (Lipinski definition) is 6. The van der Waals surface area contributed by atoms with Crippen LogP contribution in [0.5, 0.6) is 0 Å². The van der Waals surface area contributed by atoms with E-state index in [1.807, 2.05) is 6.07 Å². The van der Waals surface area contributed by atoms with Crippen LogP contribution in [-0.4, -0.2) is 48.3 Å². The standard InChI is InChI=1S/C15H17BrN4O2S2/c16-12-3-1-2-4-13(12)24(21,22)20-9-7-19(8-10-20)15-17-14(18-23-15)11-5-6-11/h1-4,11H,5-10H2. The monoisotopic (exact) mass is 428 g/mol. The second-order valence-electron chi connectivity index (χ2n) is 6.03. The summed E-state index contributed by atoms with van der Waals surface area (Å²) < 4.78 is 32.2. The van der Waals surface area contributed by atoms with E-state index in [0.717, 1.165) is 11.0 Å². The Morgan fingerprint density at radius 1 is 1.12 bits per heavy atom. The molecule has 0 radical (unpaired) electrons. The molecule has 2 heterocycles. The normalized spacial score (nSPS) is 19.6. The van der Waals surface area contributed by atoms with Gasteiger partial charge in [0.2, 0.25) is 15.2 Å². The lowest BCUT2D eigenvalue weighted by Crippen LogP contribution is -2.48. The molecule has 1 aliphatic heterocycles. The minimum absolute atomic E-state index is 0.324. The van der Waals surface area contributed by atoms with Crippen LogP contribution in [0.15, 0.2) is 33.6 Å². The Morgan fingerprint density at radius 2 is 1.83 bits per heavy atom. The molecule has 2 fully saturated rings. The van der Waals surface area contributed by atoms with Gasteiger partial charge in [-0.3, -0.25) is 0 Å². The van der Waals surface area contributed by atoms with E-state index in [4.69, 9.17) is 0 Å². The minimum atomic E-state index is -3.47. The highest BCUT2D eigenvalue weighted by Gasteiger charge is 2.32. The van der Waals surface area contributed by atoms with Gasteiger partial charge in [-0.25, -0.2) is 13.4 Å². The van der Waals surface area contributed by atoms with Gasteiger partial charge in [-0.1, -0.05) is 12.1 Å². The number of aromatic nitrogens is 2. The minimum Gasteiger partial charge on any atom is -0.344 e. The molecule has 1 aliphatic carbocycles. The summed E-state index contributed by atoms with van der Waals surface area (Å²) in [6.45, 7) is 2.20. The van der Waals surface area contributed by atoms with E-state index in [1.54, 1.807) is 22.5 Å². The fourth-order valence-corrected chi connectivity index (χ4v) is 5.96. The fraction of sp³-hybridized carbons (Fsp3) is 0.467. The molecule has 1 saturated carbocycles. The van der Waals surface area contributed by atoms with Crippen molar-refractivity contribution in [3.05, 3.63) is 34.6 Å². The van der Waals surface area contributed by atoms with Crippen molar-refractivity contribution < 1.29 is 8.42 Å². The van der Waals surface area contributed by atoms with Gasteiger partial charge in [0.05, 0.1) is 4.90 Å². The third kappa shape index (κ3) is 3.10. The lowest BCUT2D eigenvalue weighted by Gasteiger charge is -2.33. The molecule has 1 aromatic carbocycles. The van der Waals surface area contributed by atoms with Gasteiger partial charge in [0.25, 0.3) is 0 Å². The van der Waals surface area contributed by atoms with Gasteiger partial charge in [0, 0.05) is 48.1 Å². The summed E-state index contributed by atoms with van der Waals surface area (Å²) in [6.07, 6.45) is 2.38. The highest BCUT2D eigenvalue weighted by molar-refractivity contribution is 9.10. The van der Waals surface area contributed by atoms with Gasteiger partial charge >= 0.3 is 0 Å². The highest BCUT2D eigenvalue weighted by atomic mass is 79.9. The Bertz CT molecular complexity index is 843. The van der Waals surface area contributed by atoms with E-state index < -0.39 is 10.0 Å². The van der Waals surface area contributed by atoms with Gasteiger partial charge in [-0.15, -0.1) is 0 Å². The molecule has 0 bridgehead atoms. The maximum atomic E-state index is 12.8. The summed E-state index contributed by atoms with van der Waals surface area (Å²) in [5.41, 5.74) is 0. The first-order valence-electron chi connectivity index (χ1n) is 7.89. The Hall–Kier alpha value is -1.03. The summed E-state index contributed by atoms with van der Waals surface area (Å²) in [7, 11) is -3.47. The van der Waals surface area contributed by atoms with E-state index in [2.05, 4.69) is 30.2 Å². The SMILES string of the molecule is O=S(=O)(c1ccccc1Br)N1CCN(c2nc(C3CC3)ns2)CC1. The number of halogens is 1. The van der Waals surface area contributed by atoms with Gasteiger partial charge < -0.3 is 4.90 Å². The molecular weight excluding hydrogens is 412 g/mol. The average molecular weight is 429 g/mol. The van der Waals surface area contributed by atoms with Crippen molar-refractivity contribution in [1.82, 2.24) is 13.7 Å². The Kier molecular flexibility index (Phi) is 4.36. The van der Waals surface area contributed by atoms with Gasteiger partial charge in [-0.05, 0) is 40.9 Å². The number of rotatable bonds is 4. The van der Waals surface area contributed by atoms with Crippen molar-refractivity contribution in [2.75, 3.05) is 31.1 Å². The predicted octanol–water partition coefficient (Wildman–Crippen LogP) is 2.69. The van der Waals surface area contributed by atoms with Crippen LogP contribution in [0.4, 0.5) is 5.13 Å². The molecule has 2 aromatic rings. The van der Waals surface area contributed by atoms with Crippen molar-refractivity contribution in [2.24, 2.45) is 0 Å². The summed E-state index contributed by atoms with van der Waals surface area (Å²) in [5, 5.41) is 0.912. The largest absolute Gasteiger partial charge is 0.344 e. The first-order valence-corrected chi connectivity index (χ1v) is 10.9. The maximum absolute atomic E-state index is 12.8. The number of hydrogen-bond donors (Lipinski definition) is 0. The average Bonchev–Trinajstić information content (AvgIpc) is 3.32. The summed E-state index contributed by atoms with van der Waals surface area (Å²) in [6, 6.07) is 6.95. The van der Waals surface area contributed by atoms with Crippen LogP contribution in [-0.2, 0) is 10.0 Å². The third-order valence-corrected chi connectivity index (χ3v) is 8.04. The fourth-order valence-electron chi connectivity index (χ4n) is 2.77. The topological polar surface area (TPSA) is 66.4 Å². The molecule has 0 unspecified atom stereocenters. The maximum Gasteiger partial charge on any atom is 0.244 e. The van der Waals surface area contributed by atoms with E-state index in [-0.39, 0.29) is 0 Å². The van der Waals surface area contributed by atoms with Gasteiger partial charge in [0.15, 0.2) is 0 Å². The number of anilines is 1. The molecule has 0 amide bonds. The van der Waals surface area contributed by atoms with E-state index >= 15 is 0 Å². The first kappa shape index (κ1) is 16.4. The van der Waals surface area contributed by atoms with Crippen LogP contribution in [0.2, 0.25) is 0 Å². The zero-order valence-corrected chi connectivity index (χ0v) is 16.1. The van der Waals surface area contributed by atoms with Crippen LogP contribution in [0, 0.1) is 0 Å². The van der Waals surface area contributed by atoms with Crippen LogP contribution in [0.1, 0.15) is 24.6 Å². The van der Waals surface area contributed by atoms with E-state index in [9.17, 15) is 8.42 Å². The van der Waals surface area contributed by atoms with E-state index in [1.165, 1.54) is 24.4 Å².